The van der Waals surface area contributed by atoms with Crippen molar-refractivity contribution in [1.82, 2.24) is 15.1 Å². The van der Waals surface area contributed by atoms with Gasteiger partial charge in [-0.2, -0.15) is 5.10 Å². The van der Waals surface area contributed by atoms with Crippen molar-refractivity contribution in [1.29, 1.82) is 0 Å². The minimum absolute atomic E-state index is 0.105. The molecule has 0 radical (unpaired) electrons. The van der Waals surface area contributed by atoms with Gasteiger partial charge in [-0.25, -0.2) is 0 Å². The monoisotopic (exact) mass is 377 g/mol. The summed E-state index contributed by atoms with van der Waals surface area (Å²) < 4.78 is 7.67. The topological polar surface area (TPSA) is 56.1 Å². The minimum atomic E-state index is -0.105. The number of aryl methyl sites for hydroxylation is 1. The van der Waals surface area contributed by atoms with Crippen LogP contribution in [0.4, 0.5) is 0 Å². The van der Waals surface area contributed by atoms with Crippen LogP contribution < -0.4 is 10.1 Å². The lowest BCUT2D eigenvalue weighted by molar-refractivity contribution is 0.0950. The molecule has 0 aliphatic rings. The Morgan fingerprint density at radius 3 is 2.57 bits per heavy atom. The van der Waals surface area contributed by atoms with Gasteiger partial charge in [0.1, 0.15) is 12.4 Å². The fourth-order valence-electron chi connectivity index (χ4n) is 2.91. The maximum Gasteiger partial charge on any atom is 0.251 e. The first kappa shape index (κ1) is 19.7. The molecule has 28 heavy (non-hydrogen) atoms. The van der Waals surface area contributed by atoms with Gasteiger partial charge in [-0.3, -0.25) is 9.48 Å². The molecule has 1 N–H and O–H groups in total. The zero-order valence-electron chi connectivity index (χ0n) is 16.9. The summed E-state index contributed by atoms with van der Waals surface area (Å²) in [6.07, 6.45) is 1.78. The van der Waals surface area contributed by atoms with E-state index in [0.29, 0.717) is 24.6 Å². The molecular weight excluding hydrogens is 350 g/mol. The summed E-state index contributed by atoms with van der Waals surface area (Å²) in [4.78, 5) is 12.5. The predicted octanol–water partition coefficient (Wildman–Crippen LogP) is 4.36. The molecule has 0 spiro atoms. The van der Waals surface area contributed by atoms with Crippen LogP contribution in [-0.2, 0) is 20.2 Å². The van der Waals surface area contributed by atoms with E-state index in [1.54, 1.807) is 10.9 Å². The number of nitrogens with zero attached hydrogens (tertiary/aromatic N) is 2. The average Bonchev–Trinajstić information content (AvgIpc) is 3.03. The number of ether oxygens (including phenoxy) is 1. The molecule has 5 nitrogen and oxygen atoms in total. The molecular formula is C23H27N3O2. The fraction of sp³-hybridized carbons (Fsp3) is 0.304. The van der Waals surface area contributed by atoms with E-state index in [1.165, 1.54) is 5.56 Å². The molecule has 0 bridgehead atoms. The van der Waals surface area contributed by atoms with Crippen LogP contribution in [0.2, 0.25) is 0 Å². The van der Waals surface area contributed by atoms with Crippen LogP contribution >= 0.6 is 0 Å². The van der Waals surface area contributed by atoms with Crippen molar-refractivity contribution >= 4 is 5.91 Å². The largest absolute Gasteiger partial charge is 0.489 e. The molecule has 0 aliphatic carbocycles. The Kier molecular flexibility index (Phi) is 6.14. The number of hydrogen-bond donors (Lipinski definition) is 1. The van der Waals surface area contributed by atoms with E-state index >= 15 is 0 Å². The number of benzene rings is 2. The van der Waals surface area contributed by atoms with Gasteiger partial charge in [0, 0.05) is 30.4 Å². The van der Waals surface area contributed by atoms with E-state index in [-0.39, 0.29) is 5.91 Å². The zero-order chi connectivity index (χ0) is 20.1. The van der Waals surface area contributed by atoms with E-state index in [1.807, 2.05) is 50.4 Å². The van der Waals surface area contributed by atoms with E-state index in [2.05, 4.69) is 36.4 Å². The summed E-state index contributed by atoms with van der Waals surface area (Å²) in [7, 11) is 1.89. The molecule has 1 aromatic heterocycles. The van der Waals surface area contributed by atoms with Crippen molar-refractivity contribution in [3.63, 3.8) is 0 Å². The molecule has 3 aromatic rings. The van der Waals surface area contributed by atoms with Gasteiger partial charge in [0.25, 0.3) is 5.91 Å². The van der Waals surface area contributed by atoms with Crippen molar-refractivity contribution in [3.8, 4) is 5.75 Å². The number of carbonyl (C=O) groups excluding carboxylic acids is 1. The van der Waals surface area contributed by atoms with Crippen molar-refractivity contribution in [3.05, 3.63) is 82.7 Å². The third-order valence-corrected chi connectivity index (χ3v) is 4.92. The van der Waals surface area contributed by atoms with Gasteiger partial charge >= 0.3 is 0 Å². The van der Waals surface area contributed by atoms with Gasteiger partial charge in [-0.05, 0) is 48.2 Å². The summed E-state index contributed by atoms with van der Waals surface area (Å²) in [5.74, 6) is 1.22. The smallest absolute Gasteiger partial charge is 0.251 e. The van der Waals surface area contributed by atoms with Crippen LogP contribution in [0.3, 0.4) is 0 Å². The molecule has 1 amide bonds. The Hall–Kier alpha value is -3.08. The van der Waals surface area contributed by atoms with Crippen LogP contribution in [0.25, 0.3) is 0 Å². The highest BCUT2D eigenvalue weighted by molar-refractivity contribution is 5.94. The summed E-state index contributed by atoms with van der Waals surface area (Å²) in [6.45, 7) is 7.20. The first-order valence-electron chi connectivity index (χ1n) is 9.51. The lowest BCUT2D eigenvalue weighted by atomic mass is 10.0. The molecule has 0 aliphatic heterocycles. The van der Waals surface area contributed by atoms with Gasteiger partial charge in [-0.15, -0.1) is 0 Å². The van der Waals surface area contributed by atoms with E-state index < -0.39 is 0 Å². The SMILES string of the molecule is Cc1c(CNC(=O)c2cccc(COc3ccc(C(C)C)cc3)c2)cnn1C. The Labute approximate surface area is 166 Å². The van der Waals surface area contributed by atoms with Gasteiger partial charge < -0.3 is 10.1 Å². The minimum Gasteiger partial charge on any atom is -0.489 e. The Balaban J connectivity index is 1.58. The van der Waals surface area contributed by atoms with Crippen LogP contribution in [0.15, 0.2) is 54.7 Å². The summed E-state index contributed by atoms with van der Waals surface area (Å²) in [6, 6.07) is 15.7. The Morgan fingerprint density at radius 1 is 1.18 bits per heavy atom. The second-order valence-electron chi connectivity index (χ2n) is 7.27. The molecule has 3 rings (SSSR count). The molecule has 0 unspecified atom stereocenters. The van der Waals surface area contributed by atoms with Crippen LogP contribution in [-0.4, -0.2) is 15.7 Å². The average molecular weight is 377 g/mol. The number of hydrogen-bond acceptors (Lipinski definition) is 3. The van der Waals surface area contributed by atoms with Crippen LogP contribution in [0, 0.1) is 6.92 Å². The molecule has 5 heteroatoms. The molecule has 0 saturated heterocycles. The van der Waals surface area contributed by atoms with Crippen molar-refractivity contribution in [2.24, 2.45) is 7.05 Å². The van der Waals surface area contributed by atoms with Crippen LogP contribution in [0.1, 0.15) is 52.5 Å². The normalized spacial score (nSPS) is 10.9. The molecule has 1 heterocycles. The maximum atomic E-state index is 12.5. The third-order valence-electron chi connectivity index (χ3n) is 4.92. The Morgan fingerprint density at radius 2 is 1.93 bits per heavy atom. The number of amides is 1. The van der Waals surface area contributed by atoms with E-state index in [4.69, 9.17) is 4.74 Å². The zero-order valence-corrected chi connectivity index (χ0v) is 16.9. The lowest BCUT2D eigenvalue weighted by Gasteiger charge is -2.10. The van der Waals surface area contributed by atoms with Crippen molar-refractivity contribution in [2.45, 2.75) is 39.8 Å². The molecule has 0 saturated carbocycles. The van der Waals surface area contributed by atoms with E-state index in [0.717, 1.165) is 22.6 Å². The van der Waals surface area contributed by atoms with Gasteiger partial charge in [0.05, 0.1) is 6.20 Å². The maximum absolute atomic E-state index is 12.5. The summed E-state index contributed by atoms with van der Waals surface area (Å²) in [5.41, 5.74) is 4.93. The number of carbonyl (C=O) groups is 1. The predicted molar refractivity (Wildman–Crippen MR) is 110 cm³/mol. The first-order valence-corrected chi connectivity index (χ1v) is 9.51. The highest BCUT2D eigenvalue weighted by Gasteiger charge is 2.09. The number of rotatable bonds is 7. The number of aromatic nitrogens is 2. The standard InChI is InChI=1S/C23H27N3O2/c1-16(2)19-8-10-22(11-9-19)28-15-18-6-5-7-20(12-18)23(27)24-13-21-14-25-26(4)17(21)3/h5-12,14,16H,13,15H2,1-4H3,(H,24,27). The highest BCUT2D eigenvalue weighted by Crippen LogP contribution is 2.19. The Bertz CT molecular complexity index is 943. The second-order valence-corrected chi connectivity index (χ2v) is 7.27. The fourth-order valence-corrected chi connectivity index (χ4v) is 2.91. The van der Waals surface area contributed by atoms with Gasteiger partial charge in [0.15, 0.2) is 0 Å². The lowest BCUT2D eigenvalue weighted by Crippen LogP contribution is -2.23. The highest BCUT2D eigenvalue weighted by atomic mass is 16.5. The summed E-state index contributed by atoms with van der Waals surface area (Å²) >= 11 is 0. The summed E-state index contributed by atoms with van der Waals surface area (Å²) in [5, 5.41) is 7.15. The number of nitrogens with one attached hydrogen (secondary N) is 1. The van der Waals surface area contributed by atoms with Crippen molar-refractivity contribution < 1.29 is 9.53 Å². The second kappa shape index (κ2) is 8.74. The molecule has 146 valence electrons. The van der Waals surface area contributed by atoms with Gasteiger partial charge in [0.2, 0.25) is 0 Å². The van der Waals surface area contributed by atoms with E-state index in [9.17, 15) is 4.79 Å². The third kappa shape index (κ3) is 4.80. The van der Waals surface area contributed by atoms with Gasteiger partial charge in [-0.1, -0.05) is 38.1 Å². The van der Waals surface area contributed by atoms with Crippen LogP contribution in [0.5, 0.6) is 5.75 Å². The quantitative estimate of drug-likeness (QED) is 0.665. The van der Waals surface area contributed by atoms with Crippen molar-refractivity contribution in [2.75, 3.05) is 0 Å². The molecule has 0 atom stereocenters. The molecule has 2 aromatic carbocycles. The molecule has 0 fully saturated rings. The first-order chi connectivity index (χ1) is 13.4.